The third kappa shape index (κ3) is 6.23. The van der Waals surface area contributed by atoms with Gasteiger partial charge in [0.15, 0.2) is 11.5 Å². The standard InChI is InChI=1S/C21H23F2N3O3/c22-14-11-18(23)20(24-13-14)21(28)26-16-9-8-15(12-16)25-19(27)7-4-10-29-17-5-2-1-3-6-17/h1-3,5-6,11,13,15-16H,4,7-10,12H2,(H,25,27)(H,26,28)/t15-,16+/m1/s1. The molecule has 1 aliphatic rings. The highest BCUT2D eigenvalue weighted by Crippen LogP contribution is 2.20. The van der Waals surface area contributed by atoms with Gasteiger partial charge in [-0.25, -0.2) is 13.8 Å². The van der Waals surface area contributed by atoms with Gasteiger partial charge < -0.3 is 15.4 Å². The van der Waals surface area contributed by atoms with Crippen molar-refractivity contribution in [3.63, 3.8) is 0 Å². The predicted octanol–water partition coefficient (Wildman–Crippen LogP) is 2.99. The quantitative estimate of drug-likeness (QED) is 0.664. The van der Waals surface area contributed by atoms with Gasteiger partial charge in [-0.1, -0.05) is 18.2 Å². The summed E-state index contributed by atoms with van der Waals surface area (Å²) >= 11 is 0. The second kappa shape index (κ2) is 9.95. The summed E-state index contributed by atoms with van der Waals surface area (Å²) in [5.41, 5.74) is -0.433. The molecular formula is C21H23F2N3O3. The number of halogens is 2. The highest BCUT2D eigenvalue weighted by Gasteiger charge is 2.28. The molecule has 6 nitrogen and oxygen atoms in total. The molecule has 1 heterocycles. The molecule has 0 spiro atoms. The van der Waals surface area contributed by atoms with Crippen LogP contribution in [0.3, 0.4) is 0 Å². The molecule has 29 heavy (non-hydrogen) atoms. The van der Waals surface area contributed by atoms with Crippen LogP contribution in [0.15, 0.2) is 42.6 Å². The molecule has 1 saturated carbocycles. The minimum Gasteiger partial charge on any atom is -0.494 e. The van der Waals surface area contributed by atoms with Gasteiger partial charge in [-0.05, 0) is 37.8 Å². The lowest BCUT2D eigenvalue weighted by Crippen LogP contribution is -2.37. The first kappa shape index (κ1) is 20.7. The molecule has 2 aromatic rings. The molecule has 1 fully saturated rings. The van der Waals surface area contributed by atoms with Crippen LogP contribution in [0, 0.1) is 11.6 Å². The number of nitrogens with one attached hydrogen (secondary N) is 2. The molecule has 0 bridgehead atoms. The lowest BCUT2D eigenvalue weighted by Gasteiger charge is -2.15. The van der Waals surface area contributed by atoms with Crippen molar-refractivity contribution in [3.8, 4) is 5.75 Å². The largest absolute Gasteiger partial charge is 0.494 e. The first-order valence-electron chi connectivity index (χ1n) is 9.60. The SMILES string of the molecule is O=C(CCCOc1ccccc1)N[C@@H]1CC[C@H](NC(=O)c2ncc(F)cc2F)C1. The van der Waals surface area contributed by atoms with Crippen molar-refractivity contribution in [3.05, 3.63) is 59.9 Å². The Labute approximate surface area is 167 Å². The predicted molar refractivity (Wildman–Crippen MR) is 102 cm³/mol. The molecule has 0 unspecified atom stereocenters. The zero-order valence-electron chi connectivity index (χ0n) is 15.9. The zero-order valence-corrected chi connectivity index (χ0v) is 15.9. The third-order valence-electron chi connectivity index (χ3n) is 4.72. The normalized spacial score (nSPS) is 18.3. The van der Waals surface area contributed by atoms with Crippen molar-refractivity contribution in [2.75, 3.05) is 6.61 Å². The molecule has 0 radical (unpaired) electrons. The van der Waals surface area contributed by atoms with E-state index in [1.54, 1.807) is 0 Å². The highest BCUT2D eigenvalue weighted by molar-refractivity contribution is 5.92. The van der Waals surface area contributed by atoms with Crippen LogP contribution in [0.25, 0.3) is 0 Å². The van der Waals surface area contributed by atoms with Crippen molar-refractivity contribution in [2.45, 2.75) is 44.2 Å². The van der Waals surface area contributed by atoms with E-state index in [4.69, 9.17) is 4.74 Å². The number of carbonyl (C=O) groups excluding carboxylic acids is 2. The van der Waals surface area contributed by atoms with Crippen molar-refractivity contribution >= 4 is 11.8 Å². The zero-order chi connectivity index (χ0) is 20.6. The Hall–Kier alpha value is -3.03. The Morgan fingerprint density at radius 3 is 2.55 bits per heavy atom. The Morgan fingerprint density at radius 2 is 1.83 bits per heavy atom. The van der Waals surface area contributed by atoms with Crippen LogP contribution in [0.5, 0.6) is 5.75 Å². The lowest BCUT2D eigenvalue weighted by atomic mass is 10.2. The Kier molecular flexibility index (Phi) is 7.10. The first-order valence-corrected chi connectivity index (χ1v) is 9.60. The molecule has 1 aromatic carbocycles. The molecule has 0 aliphatic heterocycles. The van der Waals surface area contributed by atoms with Gasteiger partial charge in [0.05, 0.1) is 12.8 Å². The van der Waals surface area contributed by atoms with E-state index in [1.807, 2.05) is 30.3 Å². The number of rotatable bonds is 8. The van der Waals surface area contributed by atoms with Crippen LogP contribution >= 0.6 is 0 Å². The second-order valence-electron chi connectivity index (χ2n) is 7.00. The monoisotopic (exact) mass is 403 g/mol. The van der Waals surface area contributed by atoms with Gasteiger partial charge in [0.2, 0.25) is 5.91 Å². The van der Waals surface area contributed by atoms with E-state index in [0.717, 1.165) is 18.4 Å². The van der Waals surface area contributed by atoms with Gasteiger partial charge in [-0.3, -0.25) is 9.59 Å². The summed E-state index contributed by atoms with van der Waals surface area (Å²) in [5, 5.41) is 5.65. The maximum absolute atomic E-state index is 13.6. The lowest BCUT2D eigenvalue weighted by molar-refractivity contribution is -0.122. The Bertz CT molecular complexity index is 848. The van der Waals surface area contributed by atoms with Crippen LogP contribution < -0.4 is 15.4 Å². The fourth-order valence-electron chi connectivity index (χ4n) is 3.32. The van der Waals surface area contributed by atoms with Crippen LogP contribution in [-0.2, 0) is 4.79 Å². The molecule has 2 amide bonds. The number of amides is 2. The summed E-state index contributed by atoms with van der Waals surface area (Å²) in [6.07, 6.45) is 3.69. The van der Waals surface area contributed by atoms with Crippen molar-refractivity contribution < 1.29 is 23.1 Å². The Balaban J connectivity index is 1.36. The van der Waals surface area contributed by atoms with Crippen molar-refractivity contribution in [1.29, 1.82) is 0 Å². The number of benzene rings is 1. The smallest absolute Gasteiger partial charge is 0.273 e. The molecular weight excluding hydrogens is 380 g/mol. The number of hydrogen-bond acceptors (Lipinski definition) is 4. The summed E-state index contributed by atoms with van der Waals surface area (Å²) in [7, 11) is 0. The molecule has 2 atom stereocenters. The van der Waals surface area contributed by atoms with Gasteiger partial charge in [0.1, 0.15) is 11.6 Å². The van der Waals surface area contributed by atoms with E-state index in [1.165, 1.54) is 0 Å². The summed E-state index contributed by atoms with van der Waals surface area (Å²) in [5.74, 6) is -1.81. The molecule has 2 N–H and O–H groups in total. The number of ether oxygens (including phenoxy) is 1. The summed E-state index contributed by atoms with van der Waals surface area (Å²) in [6.45, 7) is 0.455. The second-order valence-corrected chi connectivity index (χ2v) is 7.00. The average molecular weight is 403 g/mol. The van der Waals surface area contributed by atoms with E-state index < -0.39 is 23.2 Å². The number of aromatic nitrogens is 1. The van der Waals surface area contributed by atoms with Gasteiger partial charge in [-0.2, -0.15) is 0 Å². The number of carbonyl (C=O) groups is 2. The summed E-state index contributed by atoms with van der Waals surface area (Å²) < 4.78 is 32.1. The molecule has 0 saturated heterocycles. The summed E-state index contributed by atoms with van der Waals surface area (Å²) in [6, 6.07) is 9.79. The number of hydrogen-bond donors (Lipinski definition) is 2. The number of para-hydroxylation sites is 1. The van der Waals surface area contributed by atoms with Crippen LogP contribution in [0.1, 0.15) is 42.6 Å². The maximum atomic E-state index is 13.6. The molecule has 8 heteroatoms. The molecule has 154 valence electrons. The van der Waals surface area contributed by atoms with Crippen LogP contribution in [0.4, 0.5) is 8.78 Å². The fourth-order valence-corrected chi connectivity index (χ4v) is 3.32. The highest BCUT2D eigenvalue weighted by atomic mass is 19.1. The van der Waals surface area contributed by atoms with Crippen LogP contribution in [0.2, 0.25) is 0 Å². The summed E-state index contributed by atoms with van der Waals surface area (Å²) in [4.78, 5) is 27.7. The van der Waals surface area contributed by atoms with Crippen molar-refractivity contribution in [2.24, 2.45) is 0 Å². The number of nitrogens with zero attached hydrogens (tertiary/aromatic N) is 1. The molecule has 3 rings (SSSR count). The average Bonchev–Trinajstić information content (AvgIpc) is 3.12. The Morgan fingerprint density at radius 1 is 1.10 bits per heavy atom. The van der Waals surface area contributed by atoms with E-state index >= 15 is 0 Å². The van der Waals surface area contributed by atoms with Gasteiger partial charge in [0.25, 0.3) is 5.91 Å². The van der Waals surface area contributed by atoms with Gasteiger partial charge in [0, 0.05) is 24.6 Å². The molecule has 1 aromatic heterocycles. The number of pyridine rings is 1. The van der Waals surface area contributed by atoms with E-state index in [9.17, 15) is 18.4 Å². The molecule has 1 aliphatic carbocycles. The van der Waals surface area contributed by atoms with E-state index in [2.05, 4.69) is 15.6 Å². The topological polar surface area (TPSA) is 80.3 Å². The van der Waals surface area contributed by atoms with Gasteiger partial charge in [-0.15, -0.1) is 0 Å². The van der Waals surface area contributed by atoms with Crippen LogP contribution in [-0.4, -0.2) is 35.5 Å². The fraction of sp³-hybridized carbons (Fsp3) is 0.381. The minimum absolute atomic E-state index is 0.0473. The van der Waals surface area contributed by atoms with Crippen molar-refractivity contribution in [1.82, 2.24) is 15.6 Å². The van der Waals surface area contributed by atoms with E-state index in [0.29, 0.717) is 38.4 Å². The first-order chi connectivity index (χ1) is 14.0. The minimum atomic E-state index is -0.997. The van der Waals surface area contributed by atoms with Gasteiger partial charge >= 0.3 is 0 Å². The van der Waals surface area contributed by atoms with E-state index in [-0.39, 0.29) is 18.0 Å². The maximum Gasteiger partial charge on any atom is 0.273 e. The third-order valence-corrected chi connectivity index (χ3v) is 4.72.